The molecule has 0 saturated carbocycles. The first-order valence-corrected chi connectivity index (χ1v) is 9.06. The molecule has 1 saturated heterocycles. The first-order valence-electron chi connectivity index (χ1n) is 8.68. The highest BCUT2D eigenvalue weighted by molar-refractivity contribution is 6.30. The highest BCUT2D eigenvalue weighted by atomic mass is 35.5. The first-order chi connectivity index (χ1) is 12.2. The van der Waals surface area contributed by atoms with E-state index >= 15 is 0 Å². The number of rotatable bonds is 2. The highest BCUT2D eigenvalue weighted by Gasteiger charge is 2.31. The molecule has 0 aliphatic carbocycles. The summed E-state index contributed by atoms with van der Waals surface area (Å²) >= 11 is 5.93. The Morgan fingerprint density at radius 3 is 2.56 bits per heavy atom. The fourth-order valence-electron chi connectivity index (χ4n) is 3.50. The summed E-state index contributed by atoms with van der Waals surface area (Å²) in [5.41, 5.74) is 1.77. The molecule has 2 aromatic carbocycles. The summed E-state index contributed by atoms with van der Waals surface area (Å²) in [7, 11) is 0. The van der Waals surface area contributed by atoms with Crippen LogP contribution in [0.4, 0.5) is 0 Å². The van der Waals surface area contributed by atoms with Crippen molar-refractivity contribution in [3.63, 3.8) is 0 Å². The van der Waals surface area contributed by atoms with Gasteiger partial charge in [-0.3, -0.25) is 4.79 Å². The zero-order valence-electron chi connectivity index (χ0n) is 13.9. The number of ether oxygens (including phenoxy) is 2. The average molecular weight is 358 g/mol. The molecule has 1 amide bonds. The number of likely N-dealkylation sites (tertiary alicyclic amines) is 1. The molecule has 2 aromatic rings. The third-order valence-electron chi connectivity index (χ3n) is 4.76. The fourth-order valence-corrected chi connectivity index (χ4v) is 3.63. The zero-order valence-corrected chi connectivity index (χ0v) is 14.7. The molecule has 0 spiro atoms. The predicted octanol–water partition coefficient (Wildman–Crippen LogP) is 4.48. The zero-order chi connectivity index (χ0) is 17.2. The van der Waals surface area contributed by atoms with Gasteiger partial charge in [0.25, 0.3) is 5.91 Å². The van der Waals surface area contributed by atoms with Gasteiger partial charge in [-0.05, 0) is 54.8 Å². The molecule has 0 unspecified atom stereocenters. The van der Waals surface area contributed by atoms with E-state index in [1.165, 1.54) is 0 Å². The minimum atomic E-state index is 0.0475. The van der Waals surface area contributed by atoms with Crippen LogP contribution in [-0.2, 0) is 0 Å². The second-order valence-electron chi connectivity index (χ2n) is 6.42. The Morgan fingerprint density at radius 1 is 1.00 bits per heavy atom. The van der Waals surface area contributed by atoms with Crippen LogP contribution in [0.15, 0.2) is 42.5 Å². The molecule has 2 aliphatic rings. The summed E-state index contributed by atoms with van der Waals surface area (Å²) in [5, 5.41) is 0.637. The fraction of sp³-hybridized carbons (Fsp3) is 0.350. The van der Waals surface area contributed by atoms with E-state index in [4.69, 9.17) is 21.1 Å². The van der Waals surface area contributed by atoms with Gasteiger partial charge in [-0.25, -0.2) is 0 Å². The highest BCUT2D eigenvalue weighted by Crippen LogP contribution is 2.38. The van der Waals surface area contributed by atoms with Crippen molar-refractivity contribution in [1.29, 1.82) is 0 Å². The number of benzene rings is 2. The maximum absolute atomic E-state index is 12.9. The second kappa shape index (κ2) is 6.96. The van der Waals surface area contributed by atoms with Crippen LogP contribution in [0.3, 0.4) is 0 Å². The largest absolute Gasteiger partial charge is 0.490 e. The van der Waals surface area contributed by atoms with Gasteiger partial charge in [-0.1, -0.05) is 17.7 Å². The Morgan fingerprint density at radius 2 is 1.76 bits per heavy atom. The topological polar surface area (TPSA) is 38.8 Å². The molecule has 25 heavy (non-hydrogen) atoms. The lowest BCUT2D eigenvalue weighted by atomic mass is 10.0. The van der Waals surface area contributed by atoms with Crippen molar-refractivity contribution in [1.82, 2.24) is 4.90 Å². The molecule has 1 fully saturated rings. The van der Waals surface area contributed by atoms with Gasteiger partial charge in [0.1, 0.15) is 0 Å². The van der Waals surface area contributed by atoms with Crippen LogP contribution in [-0.4, -0.2) is 30.6 Å². The Balaban J connectivity index is 1.60. The van der Waals surface area contributed by atoms with E-state index in [0.29, 0.717) is 23.8 Å². The average Bonchev–Trinajstić information content (AvgIpc) is 3.00. The summed E-state index contributed by atoms with van der Waals surface area (Å²) in [4.78, 5) is 14.9. The Kier molecular flexibility index (Phi) is 4.53. The van der Waals surface area contributed by atoms with Crippen LogP contribution in [0.25, 0.3) is 0 Å². The van der Waals surface area contributed by atoms with E-state index in [1.54, 1.807) is 24.3 Å². The van der Waals surface area contributed by atoms with E-state index in [-0.39, 0.29) is 11.9 Å². The SMILES string of the molecule is O=C(c1ccc(Cl)cc1)N1CCC[C@@H]1c1ccc2c(c1)OCCCO2. The lowest BCUT2D eigenvalue weighted by Crippen LogP contribution is -2.30. The van der Waals surface area contributed by atoms with Crippen LogP contribution in [0.2, 0.25) is 5.02 Å². The van der Waals surface area contributed by atoms with Gasteiger partial charge in [0, 0.05) is 23.6 Å². The van der Waals surface area contributed by atoms with Crippen LogP contribution in [0.5, 0.6) is 11.5 Å². The molecule has 0 radical (unpaired) electrons. The standard InChI is InChI=1S/C20H20ClNO3/c21-16-7-4-14(5-8-16)20(23)22-10-1-3-17(22)15-6-9-18-19(13-15)25-12-2-11-24-18/h4-9,13,17H,1-3,10-12H2/t17-/m1/s1. The number of nitrogens with zero attached hydrogens (tertiary/aromatic N) is 1. The number of fused-ring (bicyclic) bond motifs is 1. The predicted molar refractivity (Wildman–Crippen MR) is 96.5 cm³/mol. The van der Waals surface area contributed by atoms with Crippen LogP contribution >= 0.6 is 11.6 Å². The smallest absolute Gasteiger partial charge is 0.254 e. The van der Waals surface area contributed by atoms with Gasteiger partial charge in [0.15, 0.2) is 11.5 Å². The van der Waals surface area contributed by atoms with Crippen molar-refractivity contribution in [2.75, 3.05) is 19.8 Å². The van der Waals surface area contributed by atoms with Gasteiger partial charge in [-0.2, -0.15) is 0 Å². The Bertz CT molecular complexity index is 775. The minimum absolute atomic E-state index is 0.0475. The van der Waals surface area contributed by atoms with Crippen LogP contribution in [0, 0.1) is 0 Å². The lowest BCUT2D eigenvalue weighted by molar-refractivity contribution is 0.0735. The number of carbonyl (C=O) groups is 1. The molecule has 0 bridgehead atoms. The van der Waals surface area contributed by atoms with Crippen molar-refractivity contribution in [3.05, 3.63) is 58.6 Å². The molecule has 5 heteroatoms. The van der Waals surface area contributed by atoms with E-state index in [1.807, 2.05) is 23.1 Å². The van der Waals surface area contributed by atoms with Gasteiger partial charge >= 0.3 is 0 Å². The van der Waals surface area contributed by atoms with Crippen LogP contribution in [0.1, 0.15) is 41.2 Å². The molecule has 130 valence electrons. The van der Waals surface area contributed by atoms with Gasteiger partial charge in [0.05, 0.1) is 19.3 Å². The first kappa shape index (κ1) is 16.3. The second-order valence-corrected chi connectivity index (χ2v) is 6.86. The summed E-state index contributed by atoms with van der Waals surface area (Å²) in [5.74, 6) is 1.61. The van der Waals surface area contributed by atoms with E-state index < -0.39 is 0 Å². The molecular formula is C20H20ClNO3. The van der Waals surface area contributed by atoms with Gasteiger partial charge in [0.2, 0.25) is 0 Å². The number of halogens is 1. The number of hydrogen-bond acceptors (Lipinski definition) is 3. The van der Waals surface area contributed by atoms with Crippen LogP contribution < -0.4 is 9.47 Å². The lowest BCUT2D eigenvalue weighted by Gasteiger charge is -2.26. The normalized spacial score (nSPS) is 19.6. The summed E-state index contributed by atoms with van der Waals surface area (Å²) in [6.07, 6.45) is 2.84. The molecule has 2 aliphatic heterocycles. The van der Waals surface area contributed by atoms with Gasteiger partial charge < -0.3 is 14.4 Å². The Hall–Kier alpha value is -2.20. The third-order valence-corrected chi connectivity index (χ3v) is 5.01. The number of carbonyl (C=O) groups excluding carboxylic acids is 1. The maximum atomic E-state index is 12.9. The minimum Gasteiger partial charge on any atom is -0.490 e. The monoisotopic (exact) mass is 357 g/mol. The van der Waals surface area contributed by atoms with Crippen molar-refractivity contribution < 1.29 is 14.3 Å². The molecular weight excluding hydrogens is 338 g/mol. The number of amides is 1. The molecule has 0 aromatic heterocycles. The van der Waals surface area contributed by atoms with Crippen molar-refractivity contribution in [2.24, 2.45) is 0 Å². The van der Waals surface area contributed by atoms with Gasteiger partial charge in [-0.15, -0.1) is 0 Å². The van der Waals surface area contributed by atoms with Crippen molar-refractivity contribution >= 4 is 17.5 Å². The van der Waals surface area contributed by atoms with Crippen molar-refractivity contribution in [2.45, 2.75) is 25.3 Å². The summed E-state index contributed by atoms with van der Waals surface area (Å²) in [6.45, 7) is 2.10. The van der Waals surface area contributed by atoms with E-state index in [0.717, 1.165) is 42.9 Å². The Labute approximate surface area is 152 Å². The maximum Gasteiger partial charge on any atom is 0.254 e. The van der Waals surface area contributed by atoms with E-state index in [9.17, 15) is 4.79 Å². The number of hydrogen-bond donors (Lipinski definition) is 0. The van der Waals surface area contributed by atoms with Crippen molar-refractivity contribution in [3.8, 4) is 11.5 Å². The summed E-state index contributed by atoms with van der Waals surface area (Å²) in [6, 6.07) is 13.2. The molecule has 4 rings (SSSR count). The quantitative estimate of drug-likeness (QED) is 0.795. The summed E-state index contributed by atoms with van der Waals surface area (Å²) < 4.78 is 11.5. The molecule has 4 nitrogen and oxygen atoms in total. The van der Waals surface area contributed by atoms with E-state index in [2.05, 4.69) is 0 Å². The molecule has 2 heterocycles. The molecule has 1 atom stereocenters. The molecule has 0 N–H and O–H groups in total. The third kappa shape index (κ3) is 3.31.